The lowest BCUT2D eigenvalue weighted by Gasteiger charge is -2.27. The fourth-order valence-corrected chi connectivity index (χ4v) is 2.76. The van der Waals surface area contributed by atoms with Gasteiger partial charge in [-0.3, -0.25) is 4.79 Å². The van der Waals surface area contributed by atoms with E-state index in [9.17, 15) is 4.79 Å². The molecule has 1 aliphatic rings. The molecule has 0 amide bonds. The zero-order chi connectivity index (χ0) is 15.6. The number of nitrogens with one attached hydrogen (secondary N) is 1. The molecule has 1 aromatic carbocycles. The van der Waals surface area contributed by atoms with Crippen LogP contribution in [0.25, 0.3) is 11.0 Å². The van der Waals surface area contributed by atoms with Gasteiger partial charge >= 0.3 is 0 Å². The van der Waals surface area contributed by atoms with E-state index in [0.29, 0.717) is 36.6 Å². The Labute approximate surface area is 131 Å². The summed E-state index contributed by atoms with van der Waals surface area (Å²) in [6.45, 7) is 3.22. The first-order chi connectivity index (χ1) is 11.3. The van der Waals surface area contributed by atoms with Gasteiger partial charge in [-0.25, -0.2) is 9.78 Å². The first-order valence-corrected chi connectivity index (χ1v) is 7.51. The second kappa shape index (κ2) is 5.81. The van der Waals surface area contributed by atoms with Crippen molar-refractivity contribution in [3.8, 4) is 0 Å². The number of aromatic nitrogens is 5. The molecular formula is C15H16N6O2. The molecule has 4 rings (SSSR count). The van der Waals surface area contributed by atoms with Crippen molar-refractivity contribution in [2.24, 2.45) is 0 Å². The Hall–Kier alpha value is -2.74. The summed E-state index contributed by atoms with van der Waals surface area (Å²) in [5.41, 5.74) is 1.76. The summed E-state index contributed by atoms with van der Waals surface area (Å²) in [6, 6.07) is 9.85. The number of benzene rings is 1. The predicted octanol–water partition coefficient (Wildman–Crippen LogP) is 0.399. The summed E-state index contributed by atoms with van der Waals surface area (Å²) < 4.78 is 6.98. The van der Waals surface area contributed by atoms with Crippen LogP contribution in [0, 0.1) is 0 Å². The van der Waals surface area contributed by atoms with E-state index < -0.39 is 0 Å². The Morgan fingerprint density at radius 3 is 2.74 bits per heavy atom. The highest BCUT2D eigenvalue weighted by Crippen LogP contribution is 2.20. The SMILES string of the molecule is O=c1[nH]nc(N2CCOCC2)c2nnn(Cc3ccccc3)c12. The lowest BCUT2D eigenvalue weighted by Crippen LogP contribution is -2.37. The van der Waals surface area contributed by atoms with Gasteiger partial charge in [-0.1, -0.05) is 35.5 Å². The molecule has 1 aliphatic heterocycles. The van der Waals surface area contributed by atoms with E-state index in [2.05, 4.69) is 25.4 Å². The first kappa shape index (κ1) is 13.9. The number of rotatable bonds is 3. The number of fused-ring (bicyclic) bond motifs is 1. The highest BCUT2D eigenvalue weighted by atomic mass is 16.5. The molecule has 3 aromatic rings. The van der Waals surface area contributed by atoms with Gasteiger partial charge in [-0.2, -0.15) is 5.10 Å². The summed E-state index contributed by atoms with van der Waals surface area (Å²) >= 11 is 0. The summed E-state index contributed by atoms with van der Waals surface area (Å²) in [7, 11) is 0. The van der Waals surface area contributed by atoms with Crippen LogP contribution in [-0.2, 0) is 11.3 Å². The smallest absolute Gasteiger partial charge is 0.292 e. The van der Waals surface area contributed by atoms with E-state index >= 15 is 0 Å². The lowest BCUT2D eigenvalue weighted by molar-refractivity contribution is 0.122. The molecule has 118 valence electrons. The van der Waals surface area contributed by atoms with E-state index in [1.165, 1.54) is 0 Å². The van der Waals surface area contributed by atoms with Gasteiger partial charge in [0, 0.05) is 13.1 Å². The third-order valence-corrected chi connectivity index (χ3v) is 3.91. The Bertz CT molecular complexity index is 867. The van der Waals surface area contributed by atoms with Gasteiger partial charge in [0.1, 0.15) is 0 Å². The van der Waals surface area contributed by atoms with Crippen molar-refractivity contribution >= 4 is 16.9 Å². The minimum absolute atomic E-state index is 0.280. The number of morpholine rings is 1. The van der Waals surface area contributed by atoms with Crippen molar-refractivity contribution in [2.45, 2.75) is 6.54 Å². The van der Waals surface area contributed by atoms with Crippen molar-refractivity contribution in [1.82, 2.24) is 25.2 Å². The Morgan fingerprint density at radius 2 is 1.96 bits per heavy atom. The summed E-state index contributed by atoms with van der Waals surface area (Å²) in [5, 5.41) is 15.1. The second-order valence-electron chi connectivity index (χ2n) is 5.41. The first-order valence-electron chi connectivity index (χ1n) is 7.51. The molecule has 3 heterocycles. The molecule has 8 heteroatoms. The number of hydrogen-bond acceptors (Lipinski definition) is 6. The molecular weight excluding hydrogens is 296 g/mol. The fourth-order valence-electron chi connectivity index (χ4n) is 2.76. The van der Waals surface area contributed by atoms with Gasteiger partial charge in [0.15, 0.2) is 16.9 Å². The molecule has 0 saturated carbocycles. The molecule has 8 nitrogen and oxygen atoms in total. The Morgan fingerprint density at radius 1 is 1.17 bits per heavy atom. The molecule has 23 heavy (non-hydrogen) atoms. The van der Waals surface area contributed by atoms with Crippen molar-refractivity contribution in [3.63, 3.8) is 0 Å². The van der Waals surface area contributed by atoms with Crippen LogP contribution < -0.4 is 10.5 Å². The monoisotopic (exact) mass is 312 g/mol. The molecule has 0 unspecified atom stereocenters. The zero-order valence-electron chi connectivity index (χ0n) is 12.5. The Kier molecular flexibility index (Phi) is 3.51. The van der Waals surface area contributed by atoms with Gasteiger partial charge in [0.2, 0.25) is 0 Å². The van der Waals surface area contributed by atoms with Crippen LogP contribution in [0.5, 0.6) is 0 Å². The standard InChI is InChI=1S/C15H16N6O2/c22-15-13-12(14(17-18-15)20-6-8-23-9-7-20)16-19-21(13)10-11-4-2-1-3-5-11/h1-5H,6-10H2,(H,18,22). The third-order valence-electron chi connectivity index (χ3n) is 3.91. The van der Waals surface area contributed by atoms with Gasteiger partial charge in [-0.05, 0) is 5.56 Å². The van der Waals surface area contributed by atoms with Crippen LogP contribution in [-0.4, -0.2) is 51.5 Å². The van der Waals surface area contributed by atoms with Gasteiger partial charge in [0.05, 0.1) is 19.8 Å². The highest BCUT2D eigenvalue weighted by Gasteiger charge is 2.21. The number of nitrogens with zero attached hydrogens (tertiary/aromatic N) is 5. The van der Waals surface area contributed by atoms with Crippen LogP contribution in [0.15, 0.2) is 35.1 Å². The molecule has 0 radical (unpaired) electrons. The average molecular weight is 312 g/mol. The summed E-state index contributed by atoms with van der Waals surface area (Å²) in [6.07, 6.45) is 0. The number of aromatic amines is 1. The molecule has 0 spiro atoms. The van der Waals surface area contributed by atoms with Crippen molar-refractivity contribution in [3.05, 3.63) is 46.2 Å². The van der Waals surface area contributed by atoms with Crippen molar-refractivity contribution < 1.29 is 4.74 Å². The van der Waals surface area contributed by atoms with E-state index in [1.807, 2.05) is 30.3 Å². The maximum absolute atomic E-state index is 12.2. The minimum atomic E-state index is -0.280. The largest absolute Gasteiger partial charge is 0.378 e. The zero-order valence-corrected chi connectivity index (χ0v) is 12.5. The molecule has 1 saturated heterocycles. The van der Waals surface area contributed by atoms with E-state index in [1.54, 1.807) is 4.68 Å². The van der Waals surface area contributed by atoms with Crippen molar-refractivity contribution in [2.75, 3.05) is 31.2 Å². The van der Waals surface area contributed by atoms with E-state index in [0.717, 1.165) is 18.7 Å². The van der Waals surface area contributed by atoms with E-state index in [4.69, 9.17) is 4.74 Å². The molecule has 0 atom stereocenters. The van der Waals surface area contributed by atoms with Crippen LogP contribution in [0.1, 0.15) is 5.56 Å². The number of anilines is 1. The number of ether oxygens (including phenoxy) is 1. The highest BCUT2D eigenvalue weighted by molar-refractivity contribution is 5.84. The molecule has 0 aliphatic carbocycles. The minimum Gasteiger partial charge on any atom is -0.378 e. The molecule has 2 aromatic heterocycles. The topological polar surface area (TPSA) is 88.9 Å². The van der Waals surface area contributed by atoms with E-state index in [-0.39, 0.29) is 5.56 Å². The van der Waals surface area contributed by atoms with Crippen LogP contribution in [0.4, 0.5) is 5.82 Å². The van der Waals surface area contributed by atoms with Crippen LogP contribution in [0.3, 0.4) is 0 Å². The summed E-state index contributed by atoms with van der Waals surface area (Å²) in [5.74, 6) is 0.655. The molecule has 1 N–H and O–H groups in total. The molecule has 0 bridgehead atoms. The van der Waals surface area contributed by atoms with Crippen LogP contribution >= 0.6 is 0 Å². The Balaban J connectivity index is 1.77. The summed E-state index contributed by atoms with van der Waals surface area (Å²) in [4.78, 5) is 14.3. The van der Waals surface area contributed by atoms with Gasteiger partial charge in [0.25, 0.3) is 5.56 Å². The molecule has 1 fully saturated rings. The quantitative estimate of drug-likeness (QED) is 0.753. The van der Waals surface area contributed by atoms with Gasteiger partial charge in [-0.15, -0.1) is 5.10 Å². The second-order valence-corrected chi connectivity index (χ2v) is 5.41. The van der Waals surface area contributed by atoms with Crippen molar-refractivity contribution in [1.29, 1.82) is 0 Å². The van der Waals surface area contributed by atoms with Crippen LogP contribution in [0.2, 0.25) is 0 Å². The van der Waals surface area contributed by atoms with Gasteiger partial charge < -0.3 is 9.64 Å². The third kappa shape index (κ3) is 2.57. The maximum Gasteiger partial charge on any atom is 0.292 e. The number of H-pyrrole nitrogens is 1. The maximum atomic E-state index is 12.2. The number of hydrogen-bond donors (Lipinski definition) is 1. The predicted molar refractivity (Wildman–Crippen MR) is 84.5 cm³/mol. The normalized spacial score (nSPS) is 15.2. The average Bonchev–Trinajstić information content (AvgIpc) is 3.02. The fraction of sp³-hybridized carbons (Fsp3) is 0.333. The lowest BCUT2D eigenvalue weighted by atomic mass is 10.2.